The SMILES string of the molecule is C[N+]1(C)CCN(CCOC(c2ccccc2)c2ccccc2)CC1. The van der Waals surface area contributed by atoms with Crippen molar-refractivity contribution in [1.29, 1.82) is 0 Å². The van der Waals surface area contributed by atoms with E-state index in [0.717, 1.165) is 30.7 Å². The third-order valence-electron chi connectivity index (χ3n) is 4.94. The molecule has 0 bridgehead atoms. The number of benzene rings is 2. The molecule has 128 valence electrons. The number of hydrogen-bond acceptors (Lipinski definition) is 2. The maximum Gasteiger partial charge on any atom is 0.108 e. The molecule has 0 N–H and O–H groups in total. The molecular weight excluding hydrogens is 296 g/mol. The van der Waals surface area contributed by atoms with Crippen LogP contribution in [-0.2, 0) is 4.74 Å². The smallest absolute Gasteiger partial charge is 0.108 e. The molecule has 0 spiro atoms. The second-order valence-electron chi connectivity index (χ2n) is 7.30. The van der Waals surface area contributed by atoms with Crippen molar-refractivity contribution in [3.8, 4) is 0 Å². The molecule has 0 saturated carbocycles. The number of piperazine rings is 1. The highest BCUT2D eigenvalue weighted by Gasteiger charge is 2.24. The summed E-state index contributed by atoms with van der Waals surface area (Å²) in [5.41, 5.74) is 2.44. The van der Waals surface area contributed by atoms with Crippen LogP contribution in [0.5, 0.6) is 0 Å². The van der Waals surface area contributed by atoms with E-state index in [1.54, 1.807) is 0 Å². The highest BCUT2D eigenvalue weighted by atomic mass is 16.5. The van der Waals surface area contributed by atoms with Crippen molar-refractivity contribution in [1.82, 2.24) is 4.90 Å². The molecule has 0 aliphatic carbocycles. The summed E-state index contributed by atoms with van der Waals surface area (Å²) in [6.45, 7) is 6.55. The maximum atomic E-state index is 6.32. The van der Waals surface area contributed by atoms with Crippen molar-refractivity contribution < 1.29 is 9.22 Å². The number of likely N-dealkylation sites (N-methyl/N-ethyl adjacent to an activating group) is 1. The van der Waals surface area contributed by atoms with E-state index in [2.05, 4.69) is 79.7 Å². The van der Waals surface area contributed by atoms with E-state index < -0.39 is 0 Å². The summed E-state index contributed by atoms with van der Waals surface area (Å²) in [7, 11) is 4.63. The van der Waals surface area contributed by atoms with Crippen LogP contribution in [0.2, 0.25) is 0 Å². The lowest BCUT2D eigenvalue weighted by atomic mass is 10.0. The number of nitrogens with zero attached hydrogens (tertiary/aromatic N) is 2. The summed E-state index contributed by atoms with van der Waals surface area (Å²) < 4.78 is 7.46. The minimum Gasteiger partial charge on any atom is -0.367 e. The van der Waals surface area contributed by atoms with E-state index >= 15 is 0 Å². The minimum absolute atomic E-state index is 0.0180. The van der Waals surface area contributed by atoms with Crippen molar-refractivity contribution in [2.24, 2.45) is 0 Å². The van der Waals surface area contributed by atoms with Crippen LogP contribution in [0.3, 0.4) is 0 Å². The fourth-order valence-corrected chi connectivity index (χ4v) is 3.21. The van der Waals surface area contributed by atoms with Crippen LogP contribution in [0.1, 0.15) is 17.2 Å². The number of hydrogen-bond donors (Lipinski definition) is 0. The van der Waals surface area contributed by atoms with E-state index in [0.29, 0.717) is 0 Å². The van der Waals surface area contributed by atoms with Gasteiger partial charge in [-0.1, -0.05) is 60.7 Å². The van der Waals surface area contributed by atoms with Gasteiger partial charge in [-0.05, 0) is 11.1 Å². The van der Waals surface area contributed by atoms with Gasteiger partial charge in [0.2, 0.25) is 0 Å². The Morgan fingerprint density at radius 1 is 0.875 bits per heavy atom. The Bertz CT molecular complexity index is 563. The topological polar surface area (TPSA) is 12.5 Å². The van der Waals surface area contributed by atoms with Crippen molar-refractivity contribution in [2.45, 2.75) is 6.10 Å². The molecule has 1 saturated heterocycles. The summed E-state index contributed by atoms with van der Waals surface area (Å²) in [5, 5.41) is 0. The highest BCUT2D eigenvalue weighted by molar-refractivity contribution is 5.29. The molecule has 1 fully saturated rings. The Morgan fingerprint density at radius 3 is 1.88 bits per heavy atom. The Labute approximate surface area is 146 Å². The highest BCUT2D eigenvalue weighted by Crippen LogP contribution is 2.25. The molecule has 0 aromatic heterocycles. The van der Waals surface area contributed by atoms with E-state index in [1.165, 1.54) is 24.2 Å². The lowest BCUT2D eigenvalue weighted by molar-refractivity contribution is -0.894. The van der Waals surface area contributed by atoms with Gasteiger partial charge in [0.25, 0.3) is 0 Å². The molecule has 2 aromatic rings. The van der Waals surface area contributed by atoms with Crippen LogP contribution < -0.4 is 0 Å². The zero-order chi connectivity index (χ0) is 16.8. The second kappa shape index (κ2) is 7.93. The largest absolute Gasteiger partial charge is 0.367 e. The van der Waals surface area contributed by atoms with E-state index in [9.17, 15) is 0 Å². The molecule has 3 rings (SSSR count). The molecule has 24 heavy (non-hydrogen) atoms. The zero-order valence-corrected chi connectivity index (χ0v) is 14.9. The molecule has 3 heteroatoms. The van der Waals surface area contributed by atoms with Gasteiger partial charge >= 0.3 is 0 Å². The van der Waals surface area contributed by atoms with E-state index in [4.69, 9.17) is 4.74 Å². The van der Waals surface area contributed by atoms with Gasteiger partial charge in [0, 0.05) is 19.6 Å². The van der Waals surface area contributed by atoms with Crippen molar-refractivity contribution in [3.63, 3.8) is 0 Å². The average Bonchev–Trinajstić information content (AvgIpc) is 2.61. The van der Waals surface area contributed by atoms with Crippen molar-refractivity contribution >= 4 is 0 Å². The van der Waals surface area contributed by atoms with Gasteiger partial charge in [0.15, 0.2) is 0 Å². The van der Waals surface area contributed by atoms with Crippen molar-refractivity contribution in [3.05, 3.63) is 71.8 Å². The Balaban J connectivity index is 1.59. The van der Waals surface area contributed by atoms with Crippen LogP contribution >= 0.6 is 0 Å². The lowest BCUT2D eigenvalue weighted by Crippen LogP contribution is -2.55. The Kier molecular flexibility index (Phi) is 5.67. The first kappa shape index (κ1) is 17.2. The number of rotatable bonds is 6. The first-order valence-electron chi connectivity index (χ1n) is 8.90. The van der Waals surface area contributed by atoms with Gasteiger partial charge < -0.3 is 9.22 Å². The lowest BCUT2D eigenvalue weighted by Gasteiger charge is -2.39. The van der Waals surface area contributed by atoms with Gasteiger partial charge in [-0.25, -0.2) is 0 Å². The third kappa shape index (κ3) is 4.67. The predicted octanol–water partition coefficient (Wildman–Crippen LogP) is 3.18. The fraction of sp³-hybridized carbons (Fsp3) is 0.429. The summed E-state index contributed by atoms with van der Waals surface area (Å²) in [6.07, 6.45) is 0.0180. The molecule has 3 nitrogen and oxygen atoms in total. The molecule has 1 aliphatic heterocycles. The Morgan fingerprint density at radius 2 is 1.38 bits per heavy atom. The van der Waals surface area contributed by atoms with E-state index in [1.807, 2.05) is 0 Å². The summed E-state index contributed by atoms with van der Waals surface area (Å²) in [4.78, 5) is 2.52. The molecular formula is C21H29N2O+. The average molecular weight is 325 g/mol. The number of ether oxygens (including phenoxy) is 1. The molecule has 0 amide bonds. The van der Waals surface area contributed by atoms with Crippen molar-refractivity contribution in [2.75, 3.05) is 53.4 Å². The monoisotopic (exact) mass is 325 g/mol. The molecule has 2 aromatic carbocycles. The van der Waals surface area contributed by atoms with Gasteiger partial charge in [0.05, 0.1) is 33.8 Å². The van der Waals surface area contributed by atoms with Crippen LogP contribution in [0.25, 0.3) is 0 Å². The molecule has 0 radical (unpaired) electrons. The van der Waals surface area contributed by atoms with Crippen LogP contribution in [-0.4, -0.2) is 62.8 Å². The van der Waals surface area contributed by atoms with Gasteiger partial charge in [-0.2, -0.15) is 0 Å². The zero-order valence-electron chi connectivity index (χ0n) is 14.9. The van der Waals surface area contributed by atoms with E-state index in [-0.39, 0.29) is 6.10 Å². The van der Waals surface area contributed by atoms with Crippen LogP contribution in [0.15, 0.2) is 60.7 Å². The Hall–Kier alpha value is -1.68. The minimum atomic E-state index is 0.0180. The molecule has 1 aliphatic rings. The van der Waals surface area contributed by atoms with Crippen LogP contribution in [0, 0.1) is 0 Å². The van der Waals surface area contributed by atoms with Gasteiger partial charge in [0.1, 0.15) is 6.10 Å². The fourth-order valence-electron chi connectivity index (χ4n) is 3.21. The first-order chi connectivity index (χ1) is 11.6. The third-order valence-corrected chi connectivity index (χ3v) is 4.94. The number of quaternary nitrogens is 1. The molecule has 0 unspecified atom stereocenters. The molecule has 1 heterocycles. The van der Waals surface area contributed by atoms with Gasteiger partial charge in [-0.3, -0.25) is 4.90 Å². The normalized spacial score (nSPS) is 18.0. The summed E-state index contributed by atoms with van der Waals surface area (Å²) >= 11 is 0. The second-order valence-corrected chi connectivity index (χ2v) is 7.30. The standard InChI is InChI=1S/C21H29N2O/c1-23(2)16-13-22(14-17-23)15-18-24-21(19-9-5-3-6-10-19)20-11-7-4-8-12-20/h3-12,21H,13-18H2,1-2H3/q+1. The predicted molar refractivity (Wildman–Crippen MR) is 99.0 cm³/mol. The quantitative estimate of drug-likeness (QED) is 0.756. The maximum absolute atomic E-state index is 6.32. The van der Waals surface area contributed by atoms with Crippen LogP contribution in [0.4, 0.5) is 0 Å². The molecule has 0 atom stereocenters. The first-order valence-corrected chi connectivity index (χ1v) is 8.90. The van der Waals surface area contributed by atoms with Gasteiger partial charge in [-0.15, -0.1) is 0 Å². The summed E-state index contributed by atoms with van der Waals surface area (Å²) in [5.74, 6) is 0. The summed E-state index contributed by atoms with van der Waals surface area (Å²) in [6, 6.07) is 21.0.